The van der Waals surface area contributed by atoms with Crippen LogP contribution < -0.4 is 10.1 Å². The molecule has 2 aromatic rings. The third-order valence-corrected chi connectivity index (χ3v) is 4.60. The molecule has 138 valence electrons. The standard InChI is InChI=1S/C20H26N4O2/c1-15-22-17(20(25)24-11-7-3-4-8-12-24)13-19(23-15)21-14-16-9-5-6-10-18(16)26-2/h5-6,9-10,13H,3-4,7-8,11-12,14H2,1-2H3,(H,21,22,23). The highest BCUT2D eigenvalue weighted by molar-refractivity contribution is 5.93. The zero-order valence-corrected chi connectivity index (χ0v) is 15.5. The van der Waals surface area contributed by atoms with Crippen molar-refractivity contribution < 1.29 is 9.53 Å². The zero-order valence-electron chi connectivity index (χ0n) is 15.5. The first kappa shape index (κ1) is 18.2. The number of methoxy groups -OCH3 is 1. The molecule has 0 bridgehead atoms. The van der Waals surface area contributed by atoms with E-state index in [9.17, 15) is 4.79 Å². The minimum absolute atomic E-state index is 0.00209. The van der Waals surface area contributed by atoms with Gasteiger partial charge in [-0.05, 0) is 25.8 Å². The molecule has 1 amide bonds. The third kappa shape index (κ3) is 4.50. The van der Waals surface area contributed by atoms with Crippen molar-refractivity contribution in [3.05, 3.63) is 47.4 Å². The summed E-state index contributed by atoms with van der Waals surface area (Å²) in [5, 5.41) is 3.29. The molecule has 0 saturated carbocycles. The van der Waals surface area contributed by atoms with Crippen molar-refractivity contribution in [1.29, 1.82) is 0 Å². The number of para-hydroxylation sites is 1. The zero-order chi connectivity index (χ0) is 18.4. The number of nitrogens with one attached hydrogen (secondary N) is 1. The number of rotatable bonds is 5. The van der Waals surface area contributed by atoms with Crippen molar-refractivity contribution in [2.75, 3.05) is 25.5 Å². The summed E-state index contributed by atoms with van der Waals surface area (Å²) in [6, 6.07) is 9.59. The van der Waals surface area contributed by atoms with Crippen LogP contribution in [-0.2, 0) is 6.54 Å². The lowest BCUT2D eigenvalue weighted by molar-refractivity contribution is 0.0755. The average molecular weight is 354 g/mol. The van der Waals surface area contributed by atoms with Crippen LogP contribution in [0.3, 0.4) is 0 Å². The van der Waals surface area contributed by atoms with E-state index in [0.717, 1.165) is 37.2 Å². The number of benzene rings is 1. The molecule has 0 radical (unpaired) electrons. The Morgan fingerprint density at radius 2 is 1.88 bits per heavy atom. The Balaban J connectivity index is 1.73. The van der Waals surface area contributed by atoms with E-state index in [1.165, 1.54) is 12.8 Å². The van der Waals surface area contributed by atoms with Crippen LogP contribution in [0, 0.1) is 6.92 Å². The van der Waals surface area contributed by atoms with E-state index in [0.29, 0.717) is 23.9 Å². The number of aromatic nitrogens is 2. The predicted molar refractivity (Wildman–Crippen MR) is 101 cm³/mol. The van der Waals surface area contributed by atoms with Gasteiger partial charge in [0.1, 0.15) is 23.1 Å². The van der Waals surface area contributed by atoms with Crippen molar-refractivity contribution in [3.8, 4) is 5.75 Å². The number of amides is 1. The van der Waals surface area contributed by atoms with Crippen LogP contribution in [0.4, 0.5) is 5.82 Å². The fourth-order valence-corrected chi connectivity index (χ4v) is 3.24. The molecule has 6 heteroatoms. The van der Waals surface area contributed by atoms with Gasteiger partial charge in [-0.2, -0.15) is 0 Å². The van der Waals surface area contributed by atoms with Gasteiger partial charge in [-0.15, -0.1) is 0 Å². The maximum absolute atomic E-state index is 12.8. The number of ether oxygens (including phenoxy) is 1. The number of nitrogens with zero attached hydrogens (tertiary/aromatic N) is 3. The van der Waals surface area contributed by atoms with Gasteiger partial charge in [0.05, 0.1) is 7.11 Å². The number of anilines is 1. The van der Waals surface area contributed by atoms with Crippen molar-refractivity contribution in [2.45, 2.75) is 39.2 Å². The third-order valence-electron chi connectivity index (χ3n) is 4.60. The van der Waals surface area contributed by atoms with Crippen molar-refractivity contribution in [2.24, 2.45) is 0 Å². The molecule has 2 heterocycles. The summed E-state index contributed by atoms with van der Waals surface area (Å²) < 4.78 is 5.38. The Morgan fingerprint density at radius 3 is 2.62 bits per heavy atom. The molecule has 0 spiro atoms. The van der Waals surface area contributed by atoms with Crippen molar-refractivity contribution in [1.82, 2.24) is 14.9 Å². The molecular weight excluding hydrogens is 328 g/mol. The number of hydrogen-bond donors (Lipinski definition) is 1. The lowest BCUT2D eigenvalue weighted by atomic mass is 10.2. The fraction of sp³-hybridized carbons (Fsp3) is 0.450. The van der Waals surface area contributed by atoms with E-state index in [2.05, 4.69) is 15.3 Å². The summed E-state index contributed by atoms with van der Waals surface area (Å²) in [6.07, 6.45) is 4.51. The summed E-state index contributed by atoms with van der Waals surface area (Å²) in [7, 11) is 1.66. The van der Waals surface area contributed by atoms with Gasteiger partial charge in [-0.25, -0.2) is 9.97 Å². The van der Waals surface area contributed by atoms with E-state index < -0.39 is 0 Å². The topological polar surface area (TPSA) is 67.3 Å². The highest BCUT2D eigenvalue weighted by Crippen LogP contribution is 2.19. The Morgan fingerprint density at radius 1 is 1.15 bits per heavy atom. The normalized spacial score (nSPS) is 14.6. The second kappa shape index (κ2) is 8.65. The molecule has 3 rings (SSSR count). The molecule has 1 saturated heterocycles. The minimum atomic E-state index is -0.00209. The molecule has 1 N–H and O–H groups in total. The van der Waals surface area contributed by atoms with Gasteiger partial charge in [0.25, 0.3) is 5.91 Å². The second-order valence-electron chi connectivity index (χ2n) is 6.56. The Kier molecular flexibility index (Phi) is 6.04. The minimum Gasteiger partial charge on any atom is -0.496 e. The first-order valence-electron chi connectivity index (χ1n) is 9.18. The van der Waals surface area contributed by atoms with Crippen LogP contribution in [0.25, 0.3) is 0 Å². The first-order chi connectivity index (χ1) is 12.7. The van der Waals surface area contributed by atoms with Gasteiger partial charge in [0, 0.05) is 31.3 Å². The Bertz CT molecular complexity index is 755. The van der Waals surface area contributed by atoms with Crippen LogP contribution >= 0.6 is 0 Å². The van der Waals surface area contributed by atoms with E-state index in [1.807, 2.05) is 36.1 Å². The summed E-state index contributed by atoms with van der Waals surface area (Å²) in [4.78, 5) is 23.5. The number of carbonyl (C=O) groups is 1. The smallest absolute Gasteiger partial charge is 0.272 e. The van der Waals surface area contributed by atoms with Gasteiger partial charge >= 0.3 is 0 Å². The molecule has 1 fully saturated rings. The van der Waals surface area contributed by atoms with Gasteiger partial charge in [0.15, 0.2) is 0 Å². The first-order valence-corrected chi connectivity index (χ1v) is 9.18. The lowest BCUT2D eigenvalue weighted by Crippen LogP contribution is -2.32. The second-order valence-corrected chi connectivity index (χ2v) is 6.56. The van der Waals surface area contributed by atoms with Crippen LogP contribution in [0.5, 0.6) is 5.75 Å². The molecule has 1 aliphatic rings. The summed E-state index contributed by atoms with van der Waals surface area (Å²) in [5.41, 5.74) is 1.49. The van der Waals surface area contributed by atoms with E-state index in [-0.39, 0.29) is 5.91 Å². The van der Waals surface area contributed by atoms with E-state index in [1.54, 1.807) is 13.2 Å². The number of aryl methyl sites for hydroxylation is 1. The quantitative estimate of drug-likeness (QED) is 0.891. The largest absolute Gasteiger partial charge is 0.496 e. The number of hydrogen-bond acceptors (Lipinski definition) is 5. The predicted octanol–water partition coefficient (Wildman–Crippen LogP) is 3.42. The van der Waals surface area contributed by atoms with Crippen LogP contribution in [0.1, 0.15) is 47.6 Å². The van der Waals surface area contributed by atoms with Gasteiger partial charge in [-0.3, -0.25) is 4.79 Å². The molecule has 1 aliphatic heterocycles. The molecule has 26 heavy (non-hydrogen) atoms. The van der Waals surface area contributed by atoms with E-state index in [4.69, 9.17) is 4.74 Å². The maximum atomic E-state index is 12.8. The molecule has 0 atom stereocenters. The van der Waals surface area contributed by atoms with Crippen molar-refractivity contribution in [3.63, 3.8) is 0 Å². The number of carbonyl (C=O) groups excluding carboxylic acids is 1. The average Bonchev–Trinajstić information content (AvgIpc) is 2.95. The van der Waals surface area contributed by atoms with E-state index >= 15 is 0 Å². The fourth-order valence-electron chi connectivity index (χ4n) is 3.24. The highest BCUT2D eigenvalue weighted by Gasteiger charge is 2.19. The molecule has 0 aliphatic carbocycles. The molecular formula is C20H26N4O2. The maximum Gasteiger partial charge on any atom is 0.272 e. The monoisotopic (exact) mass is 354 g/mol. The van der Waals surface area contributed by atoms with Crippen molar-refractivity contribution >= 4 is 11.7 Å². The molecule has 0 unspecified atom stereocenters. The molecule has 1 aromatic carbocycles. The highest BCUT2D eigenvalue weighted by atomic mass is 16.5. The number of likely N-dealkylation sites (tertiary alicyclic amines) is 1. The molecule has 1 aromatic heterocycles. The van der Waals surface area contributed by atoms with Crippen LogP contribution in [-0.4, -0.2) is 41.0 Å². The van der Waals surface area contributed by atoms with Gasteiger partial charge < -0.3 is 15.0 Å². The summed E-state index contributed by atoms with van der Waals surface area (Å²) >= 11 is 0. The Hall–Kier alpha value is -2.63. The SMILES string of the molecule is COc1ccccc1CNc1cc(C(=O)N2CCCCCC2)nc(C)n1. The van der Waals surface area contributed by atoms with Crippen LogP contribution in [0.15, 0.2) is 30.3 Å². The summed E-state index contributed by atoms with van der Waals surface area (Å²) in [5.74, 6) is 2.07. The lowest BCUT2D eigenvalue weighted by Gasteiger charge is -2.20. The van der Waals surface area contributed by atoms with Gasteiger partial charge in [-0.1, -0.05) is 31.0 Å². The van der Waals surface area contributed by atoms with Crippen LogP contribution in [0.2, 0.25) is 0 Å². The Labute approximate surface area is 154 Å². The summed E-state index contributed by atoms with van der Waals surface area (Å²) in [6.45, 7) is 4.00. The molecule has 6 nitrogen and oxygen atoms in total. The van der Waals surface area contributed by atoms with Gasteiger partial charge in [0.2, 0.25) is 0 Å².